The lowest BCUT2D eigenvalue weighted by Crippen LogP contribution is -2.00. The fourth-order valence-electron chi connectivity index (χ4n) is 1.57. The molecule has 0 saturated heterocycles. The second-order valence-corrected chi connectivity index (χ2v) is 3.40. The van der Waals surface area contributed by atoms with Gasteiger partial charge in [0.2, 0.25) is 0 Å². The maximum atomic E-state index is 2.49. The highest BCUT2D eigenvalue weighted by Crippen LogP contribution is 2.21. The van der Waals surface area contributed by atoms with Crippen LogP contribution in [-0.2, 0) is 0 Å². The van der Waals surface area contributed by atoms with E-state index in [0.717, 1.165) is 5.92 Å². The topological polar surface area (TPSA) is 0 Å². The second-order valence-electron chi connectivity index (χ2n) is 3.40. The summed E-state index contributed by atoms with van der Waals surface area (Å²) in [4.78, 5) is 0. The molecule has 0 N–H and O–H groups in total. The van der Waals surface area contributed by atoms with Crippen molar-refractivity contribution in [2.24, 2.45) is 5.92 Å². The third-order valence-corrected chi connectivity index (χ3v) is 2.32. The molecule has 0 nitrogen and oxygen atoms in total. The van der Waals surface area contributed by atoms with E-state index in [-0.39, 0.29) is 0 Å². The Morgan fingerprint density at radius 3 is 3.09 bits per heavy atom. The van der Waals surface area contributed by atoms with E-state index in [2.05, 4.69) is 25.5 Å². The molecule has 1 aliphatic carbocycles. The number of rotatable bonds is 4. The molecule has 1 rings (SSSR count). The quantitative estimate of drug-likeness (QED) is 0.424. The Morgan fingerprint density at radius 2 is 2.45 bits per heavy atom. The Bertz CT molecular complexity index is 113. The molecular formula is C11H19. The van der Waals surface area contributed by atoms with Gasteiger partial charge in [0.05, 0.1) is 0 Å². The minimum absolute atomic E-state index is 0.801. The van der Waals surface area contributed by atoms with Gasteiger partial charge in [-0.15, -0.1) is 0 Å². The highest BCUT2D eigenvalue weighted by atomic mass is 14.1. The van der Waals surface area contributed by atoms with Gasteiger partial charge in [-0.1, -0.05) is 31.9 Å². The van der Waals surface area contributed by atoms with E-state index in [1.165, 1.54) is 38.5 Å². The maximum Gasteiger partial charge on any atom is -0.0202 e. The zero-order chi connectivity index (χ0) is 7.94. The zero-order valence-corrected chi connectivity index (χ0v) is 7.55. The molecule has 0 aromatic rings. The predicted octanol–water partition coefficient (Wildman–Crippen LogP) is 3.74. The first-order valence-electron chi connectivity index (χ1n) is 4.93. The summed E-state index contributed by atoms with van der Waals surface area (Å²) in [5.74, 6) is 0.801. The first-order chi connectivity index (χ1) is 5.43. The predicted molar refractivity (Wildman–Crippen MR) is 50.3 cm³/mol. The first-order valence-corrected chi connectivity index (χ1v) is 4.93. The molecule has 0 fully saturated rings. The maximum absolute atomic E-state index is 2.49. The number of allylic oxidation sites excluding steroid dienone is 2. The molecule has 0 aliphatic heterocycles. The summed E-state index contributed by atoms with van der Waals surface area (Å²) in [6, 6.07) is 0. The van der Waals surface area contributed by atoms with Crippen LogP contribution in [0.1, 0.15) is 45.4 Å². The van der Waals surface area contributed by atoms with Crippen LogP contribution in [0.15, 0.2) is 12.2 Å². The van der Waals surface area contributed by atoms with Gasteiger partial charge in [0.15, 0.2) is 0 Å². The standard InChI is InChI=1S/C11H19/c1-2-3-5-8-11-9-6-4-7-10-11/h6,8-9,11H,2-5,7,10H2,1H3. The number of unbranched alkanes of at least 4 members (excludes halogenated alkanes) is 2. The third-order valence-electron chi connectivity index (χ3n) is 2.32. The average Bonchev–Trinajstić information content (AvgIpc) is 2.07. The highest BCUT2D eigenvalue weighted by Gasteiger charge is 2.06. The summed E-state index contributed by atoms with van der Waals surface area (Å²) in [7, 11) is 0. The molecule has 1 aliphatic rings. The van der Waals surface area contributed by atoms with Gasteiger partial charge in [0.25, 0.3) is 0 Å². The van der Waals surface area contributed by atoms with E-state index in [1.54, 1.807) is 0 Å². The van der Waals surface area contributed by atoms with Crippen LogP contribution >= 0.6 is 0 Å². The van der Waals surface area contributed by atoms with Crippen molar-refractivity contribution in [2.45, 2.75) is 45.4 Å². The van der Waals surface area contributed by atoms with Gasteiger partial charge >= 0.3 is 0 Å². The van der Waals surface area contributed by atoms with Gasteiger partial charge in [-0.2, -0.15) is 0 Å². The van der Waals surface area contributed by atoms with Crippen molar-refractivity contribution in [2.75, 3.05) is 0 Å². The molecule has 0 saturated carbocycles. The second kappa shape index (κ2) is 5.40. The van der Waals surface area contributed by atoms with Crippen molar-refractivity contribution >= 4 is 0 Å². The normalized spacial score (nSPS) is 23.9. The van der Waals surface area contributed by atoms with E-state index in [9.17, 15) is 0 Å². The van der Waals surface area contributed by atoms with Crippen molar-refractivity contribution in [3.63, 3.8) is 0 Å². The molecule has 63 valence electrons. The molecule has 0 aromatic heterocycles. The van der Waals surface area contributed by atoms with Gasteiger partial charge < -0.3 is 0 Å². The molecule has 1 radical (unpaired) electrons. The minimum Gasteiger partial charge on any atom is -0.0882 e. The Balaban J connectivity index is 2.05. The van der Waals surface area contributed by atoms with Crippen LogP contribution < -0.4 is 0 Å². The van der Waals surface area contributed by atoms with Crippen LogP contribution in [0.25, 0.3) is 0 Å². The first kappa shape index (κ1) is 8.83. The summed E-state index contributed by atoms with van der Waals surface area (Å²) in [5.41, 5.74) is 0. The van der Waals surface area contributed by atoms with E-state index in [1.807, 2.05) is 0 Å². The van der Waals surface area contributed by atoms with Crippen molar-refractivity contribution in [3.8, 4) is 0 Å². The van der Waals surface area contributed by atoms with Crippen LogP contribution in [0.4, 0.5) is 0 Å². The summed E-state index contributed by atoms with van der Waals surface area (Å²) in [6.07, 6.45) is 15.3. The van der Waals surface area contributed by atoms with Gasteiger partial charge in [-0.05, 0) is 38.0 Å². The van der Waals surface area contributed by atoms with E-state index < -0.39 is 0 Å². The third kappa shape index (κ3) is 3.60. The Morgan fingerprint density at radius 1 is 1.55 bits per heavy atom. The smallest absolute Gasteiger partial charge is 0.0202 e. The largest absolute Gasteiger partial charge is 0.0882 e. The highest BCUT2D eigenvalue weighted by molar-refractivity contribution is 4.98. The van der Waals surface area contributed by atoms with Crippen LogP contribution in [0, 0.1) is 12.3 Å². The summed E-state index contributed by atoms with van der Waals surface area (Å²) in [6.45, 7) is 2.25. The average molecular weight is 151 g/mol. The van der Waals surface area contributed by atoms with Crippen LogP contribution in [0.3, 0.4) is 0 Å². The Labute approximate surface area is 70.7 Å². The summed E-state index contributed by atoms with van der Waals surface area (Å²) >= 11 is 0. The van der Waals surface area contributed by atoms with Crippen LogP contribution in [0.2, 0.25) is 0 Å². The van der Waals surface area contributed by atoms with Crippen molar-refractivity contribution in [1.82, 2.24) is 0 Å². The van der Waals surface area contributed by atoms with Crippen molar-refractivity contribution < 1.29 is 0 Å². The summed E-state index contributed by atoms with van der Waals surface area (Å²) in [5, 5.41) is 0. The van der Waals surface area contributed by atoms with E-state index in [4.69, 9.17) is 0 Å². The summed E-state index contributed by atoms with van der Waals surface area (Å²) < 4.78 is 0. The number of hydrogen-bond acceptors (Lipinski definition) is 0. The van der Waals surface area contributed by atoms with Crippen molar-refractivity contribution in [1.29, 1.82) is 0 Å². The lowest BCUT2D eigenvalue weighted by Gasteiger charge is -2.14. The van der Waals surface area contributed by atoms with Gasteiger partial charge in [-0.3, -0.25) is 0 Å². The fraction of sp³-hybridized carbons (Fsp3) is 0.727. The molecule has 1 unspecified atom stereocenters. The monoisotopic (exact) mass is 151 g/mol. The lowest BCUT2D eigenvalue weighted by atomic mass is 9.91. The molecule has 0 heterocycles. The minimum atomic E-state index is 0.801. The van der Waals surface area contributed by atoms with E-state index in [0.29, 0.717) is 0 Å². The zero-order valence-electron chi connectivity index (χ0n) is 7.55. The molecule has 0 heteroatoms. The van der Waals surface area contributed by atoms with Gasteiger partial charge in [0, 0.05) is 0 Å². The molecule has 0 spiro atoms. The molecule has 1 atom stereocenters. The van der Waals surface area contributed by atoms with Crippen molar-refractivity contribution in [3.05, 3.63) is 18.6 Å². The molecule has 11 heavy (non-hydrogen) atoms. The van der Waals surface area contributed by atoms with Gasteiger partial charge in [0.1, 0.15) is 0 Å². The molecule has 0 bridgehead atoms. The number of hydrogen-bond donors (Lipinski definition) is 0. The molecular weight excluding hydrogens is 132 g/mol. The molecule has 0 aromatic carbocycles. The SMILES string of the molecule is CCCC[CH]C1C=CCCC1. The van der Waals surface area contributed by atoms with Gasteiger partial charge in [-0.25, -0.2) is 0 Å². The van der Waals surface area contributed by atoms with Crippen LogP contribution in [-0.4, -0.2) is 0 Å². The lowest BCUT2D eigenvalue weighted by molar-refractivity contribution is 0.570. The molecule has 0 amide bonds. The van der Waals surface area contributed by atoms with Crippen LogP contribution in [0.5, 0.6) is 0 Å². The Kier molecular flexibility index (Phi) is 4.33. The Hall–Kier alpha value is -0.260. The van der Waals surface area contributed by atoms with E-state index >= 15 is 0 Å². The fourth-order valence-corrected chi connectivity index (χ4v) is 1.57.